The van der Waals surface area contributed by atoms with E-state index in [1.807, 2.05) is 5.38 Å². The van der Waals surface area contributed by atoms with Gasteiger partial charge in [-0.3, -0.25) is 9.59 Å². The average molecular weight is 408 g/mol. The topological polar surface area (TPSA) is 95.6 Å². The maximum absolute atomic E-state index is 12.1. The van der Waals surface area contributed by atoms with Gasteiger partial charge in [-0.1, -0.05) is 18.2 Å². The lowest BCUT2D eigenvalue weighted by Gasteiger charge is -2.16. The number of nitrogens with one attached hydrogen (secondary N) is 2. The van der Waals surface area contributed by atoms with E-state index < -0.39 is 10.0 Å². The summed E-state index contributed by atoms with van der Waals surface area (Å²) < 4.78 is 26.9. The van der Waals surface area contributed by atoms with E-state index in [2.05, 4.69) is 10.0 Å². The number of carbonyl (C=O) groups is 2. The molecule has 2 N–H and O–H groups in total. The van der Waals surface area contributed by atoms with Crippen LogP contribution in [-0.2, 0) is 21.4 Å². The first-order valence-electron chi connectivity index (χ1n) is 8.52. The van der Waals surface area contributed by atoms with E-state index in [9.17, 15) is 18.0 Å². The van der Waals surface area contributed by atoms with Crippen molar-refractivity contribution in [2.45, 2.75) is 30.3 Å². The Balaban J connectivity index is 1.49. The summed E-state index contributed by atoms with van der Waals surface area (Å²) in [6, 6.07) is 9.95. The van der Waals surface area contributed by atoms with Crippen molar-refractivity contribution in [1.82, 2.24) is 14.9 Å². The second kappa shape index (κ2) is 8.20. The van der Waals surface area contributed by atoms with Crippen LogP contribution in [0.4, 0.5) is 0 Å². The van der Waals surface area contributed by atoms with Gasteiger partial charge >= 0.3 is 0 Å². The van der Waals surface area contributed by atoms with Crippen LogP contribution < -0.4 is 10.0 Å². The van der Waals surface area contributed by atoms with E-state index in [4.69, 9.17) is 0 Å². The molecule has 0 bridgehead atoms. The van der Waals surface area contributed by atoms with E-state index in [0.29, 0.717) is 4.88 Å². The van der Waals surface area contributed by atoms with Crippen LogP contribution in [0.5, 0.6) is 0 Å². The lowest BCUT2D eigenvalue weighted by Crippen LogP contribution is -2.37. The zero-order valence-corrected chi connectivity index (χ0v) is 16.5. The Morgan fingerprint density at radius 1 is 1.19 bits per heavy atom. The molecule has 0 radical (unpaired) electrons. The summed E-state index contributed by atoms with van der Waals surface area (Å²) >= 11 is 1.33. The van der Waals surface area contributed by atoms with Crippen LogP contribution in [0.15, 0.2) is 46.7 Å². The largest absolute Gasteiger partial charge is 0.350 e. The molecule has 2 amide bonds. The van der Waals surface area contributed by atoms with Gasteiger partial charge in [0.2, 0.25) is 15.9 Å². The molecule has 1 saturated carbocycles. The van der Waals surface area contributed by atoms with E-state index in [1.54, 1.807) is 31.3 Å². The maximum atomic E-state index is 12.1. The van der Waals surface area contributed by atoms with Gasteiger partial charge < -0.3 is 10.2 Å². The third-order valence-corrected chi connectivity index (χ3v) is 6.48. The van der Waals surface area contributed by atoms with E-state index in [1.165, 1.54) is 28.4 Å². The molecular formula is C18H21N3O4S2. The Labute approximate surface area is 162 Å². The first-order valence-corrected chi connectivity index (χ1v) is 10.9. The molecule has 2 aromatic rings. The molecule has 9 heteroatoms. The number of thiophene rings is 1. The quantitative estimate of drug-likeness (QED) is 0.694. The van der Waals surface area contributed by atoms with Gasteiger partial charge in [0.05, 0.1) is 16.3 Å². The van der Waals surface area contributed by atoms with Gasteiger partial charge in [-0.15, -0.1) is 11.3 Å². The zero-order chi connectivity index (χ0) is 19.4. The van der Waals surface area contributed by atoms with Crippen LogP contribution in [0.2, 0.25) is 0 Å². The molecule has 7 nitrogen and oxygen atoms in total. The Morgan fingerprint density at radius 3 is 2.48 bits per heavy atom. The molecule has 1 fully saturated rings. The number of hydrogen-bond donors (Lipinski definition) is 2. The fourth-order valence-electron chi connectivity index (χ4n) is 2.41. The molecule has 0 saturated heterocycles. The first-order chi connectivity index (χ1) is 12.8. The normalized spacial score (nSPS) is 14.0. The highest BCUT2D eigenvalue weighted by Crippen LogP contribution is 2.22. The smallest absolute Gasteiger partial charge is 0.264 e. The third-order valence-electron chi connectivity index (χ3n) is 4.08. The van der Waals surface area contributed by atoms with Gasteiger partial charge in [-0.2, -0.15) is 0 Å². The van der Waals surface area contributed by atoms with Crippen molar-refractivity contribution in [3.05, 3.63) is 52.2 Å². The standard InChI is InChI=1S/C18H21N3O4S2/c1-21(18(23)16-3-2-10-26-16)12-17(22)19-11-13-4-8-15(9-5-13)27(24,25)20-14-6-7-14/h2-5,8-10,14,20H,6-7,11-12H2,1H3,(H,19,22). The van der Waals surface area contributed by atoms with Crippen molar-refractivity contribution in [2.75, 3.05) is 13.6 Å². The fraction of sp³-hybridized carbons (Fsp3) is 0.333. The molecule has 1 aromatic heterocycles. The van der Waals surface area contributed by atoms with Crippen LogP contribution in [0.1, 0.15) is 28.1 Å². The summed E-state index contributed by atoms with van der Waals surface area (Å²) in [6.07, 6.45) is 1.76. The van der Waals surface area contributed by atoms with Crippen molar-refractivity contribution in [3.63, 3.8) is 0 Å². The fourth-order valence-corrected chi connectivity index (χ4v) is 4.43. The Hall–Kier alpha value is -2.23. The second-order valence-electron chi connectivity index (χ2n) is 6.45. The first kappa shape index (κ1) is 19.5. The number of carbonyl (C=O) groups excluding carboxylic acids is 2. The summed E-state index contributed by atoms with van der Waals surface area (Å²) in [6.45, 7) is 0.213. The summed E-state index contributed by atoms with van der Waals surface area (Å²) in [5.74, 6) is -0.479. The van der Waals surface area contributed by atoms with Gasteiger partial charge in [0.1, 0.15) is 0 Å². The molecule has 1 aromatic carbocycles. The predicted molar refractivity (Wildman–Crippen MR) is 103 cm³/mol. The molecule has 1 aliphatic rings. The van der Waals surface area contributed by atoms with Crippen molar-refractivity contribution in [1.29, 1.82) is 0 Å². The van der Waals surface area contributed by atoms with Gasteiger partial charge in [0, 0.05) is 19.6 Å². The van der Waals surface area contributed by atoms with Gasteiger partial charge in [0.15, 0.2) is 0 Å². The SMILES string of the molecule is CN(CC(=O)NCc1ccc(S(=O)(=O)NC2CC2)cc1)C(=O)c1cccs1. The third kappa shape index (κ3) is 5.38. The van der Waals surface area contributed by atoms with Crippen molar-refractivity contribution >= 4 is 33.2 Å². The van der Waals surface area contributed by atoms with Crippen LogP contribution in [0.25, 0.3) is 0 Å². The highest BCUT2D eigenvalue weighted by atomic mass is 32.2. The molecule has 144 valence electrons. The molecule has 0 spiro atoms. The molecule has 1 heterocycles. The van der Waals surface area contributed by atoms with E-state index >= 15 is 0 Å². The highest BCUT2D eigenvalue weighted by Gasteiger charge is 2.27. The van der Waals surface area contributed by atoms with Crippen molar-refractivity contribution < 1.29 is 18.0 Å². The zero-order valence-electron chi connectivity index (χ0n) is 14.8. The van der Waals surface area contributed by atoms with E-state index in [-0.39, 0.29) is 35.8 Å². The minimum Gasteiger partial charge on any atom is -0.350 e. The molecule has 27 heavy (non-hydrogen) atoms. The predicted octanol–water partition coefficient (Wildman–Crippen LogP) is 1.58. The lowest BCUT2D eigenvalue weighted by molar-refractivity contribution is -0.121. The molecule has 0 unspecified atom stereocenters. The van der Waals surface area contributed by atoms with Crippen LogP contribution in [0.3, 0.4) is 0 Å². The van der Waals surface area contributed by atoms with Crippen molar-refractivity contribution in [3.8, 4) is 0 Å². The molecule has 3 rings (SSSR count). The van der Waals surface area contributed by atoms with Gasteiger partial charge in [-0.05, 0) is 42.0 Å². The molecule has 0 aliphatic heterocycles. The highest BCUT2D eigenvalue weighted by molar-refractivity contribution is 7.89. The average Bonchev–Trinajstić information content (AvgIpc) is 3.27. The van der Waals surface area contributed by atoms with Crippen LogP contribution in [0, 0.1) is 0 Å². The van der Waals surface area contributed by atoms with Gasteiger partial charge in [0.25, 0.3) is 5.91 Å². The second-order valence-corrected chi connectivity index (χ2v) is 9.12. The summed E-state index contributed by atoms with van der Waals surface area (Å²) in [5, 5.41) is 4.55. The number of rotatable bonds is 8. The van der Waals surface area contributed by atoms with E-state index in [0.717, 1.165) is 18.4 Å². The number of benzene rings is 1. The Morgan fingerprint density at radius 2 is 1.89 bits per heavy atom. The summed E-state index contributed by atoms with van der Waals surface area (Å²) in [4.78, 5) is 26.3. The monoisotopic (exact) mass is 407 g/mol. The minimum absolute atomic E-state index is 0.0471. The lowest BCUT2D eigenvalue weighted by atomic mass is 10.2. The van der Waals surface area contributed by atoms with Crippen LogP contribution in [-0.4, -0.2) is 44.8 Å². The summed E-state index contributed by atoms with van der Waals surface area (Å²) in [5.41, 5.74) is 0.779. The Bertz CT molecular complexity index is 905. The number of nitrogens with zero attached hydrogens (tertiary/aromatic N) is 1. The molecule has 0 atom stereocenters. The van der Waals surface area contributed by atoms with Crippen molar-refractivity contribution in [2.24, 2.45) is 0 Å². The number of amides is 2. The molecule has 1 aliphatic carbocycles. The van der Waals surface area contributed by atoms with Crippen LogP contribution >= 0.6 is 11.3 Å². The minimum atomic E-state index is -3.47. The molecular weight excluding hydrogens is 386 g/mol. The number of sulfonamides is 1. The maximum Gasteiger partial charge on any atom is 0.264 e. The summed E-state index contributed by atoms with van der Waals surface area (Å²) in [7, 11) is -1.90. The number of hydrogen-bond acceptors (Lipinski definition) is 5. The Kier molecular flexibility index (Phi) is 5.93. The van der Waals surface area contributed by atoms with Gasteiger partial charge in [-0.25, -0.2) is 13.1 Å². The number of likely N-dealkylation sites (N-methyl/N-ethyl adjacent to an activating group) is 1.